The van der Waals surface area contributed by atoms with Crippen LogP contribution in [-0.2, 0) is 11.3 Å². The number of carbonyl (C=O) groups excluding carboxylic acids is 1. The molecule has 0 unspecified atom stereocenters. The Kier molecular flexibility index (Phi) is 8.89. The average molecular weight is 341 g/mol. The molecule has 0 aromatic heterocycles. The highest BCUT2D eigenvalue weighted by Gasteiger charge is 2.31. The summed E-state index contributed by atoms with van der Waals surface area (Å²) < 4.78 is 40.3. The number of ether oxygens (including phenoxy) is 1. The molecule has 1 aromatic carbocycles. The second-order valence-electron chi connectivity index (χ2n) is 4.65. The van der Waals surface area contributed by atoms with Crippen molar-refractivity contribution in [3.8, 4) is 5.75 Å². The van der Waals surface area contributed by atoms with E-state index in [0.717, 1.165) is 13.0 Å². The molecule has 126 valence electrons. The maximum absolute atomic E-state index is 12.1. The van der Waals surface area contributed by atoms with Crippen LogP contribution in [0.5, 0.6) is 5.75 Å². The van der Waals surface area contributed by atoms with E-state index >= 15 is 0 Å². The first-order valence-corrected chi connectivity index (χ1v) is 6.55. The number of amides is 1. The fourth-order valence-corrected chi connectivity index (χ4v) is 1.81. The predicted octanol–water partition coefficient (Wildman–Crippen LogP) is 2.97. The largest absolute Gasteiger partial charge is 0.573 e. The van der Waals surface area contributed by atoms with Crippen LogP contribution in [0.25, 0.3) is 0 Å². The molecule has 0 heterocycles. The van der Waals surface area contributed by atoms with Crippen molar-refractivity contribution in [2.45, 2.75) is 25.7 Å². The zero-order valence-corrected chi connectivity index (χ0v) is 13.3. The molecule has 0 bridgehead atoms. The third-order valence-corrected chi connectivity index (χ3v) is 2.79. The number of hydrogen-bond donors (Lipinski definition) is 1. The quantitative estimate of drug-likeness (QED) is 0.776. The molecule has 1 rings (SSSR count). The predicted molar refractivity (Wildman–Crippen MR) is 80.0 cm³/mol. The Morgan fingerprint density at radius 2 is 2.05 bits per heavy atom. The molecule has 0 spiro atoms. The van der Waals surface area contributed by atoms with Crippen molar-refractivity contribution in [2.75, 3.05) is 20.6 Å². The van der Waals surface area contributed by atoms with E-state index in [1.54, 1.807) is 20.2 Å². The lowest BCUT2D eigenvalue weighted by Crippen LogP contribution is -2.26. The van der Waals surface area contributed by atoms with Gasteiger partial charge in [-0.05, 0) is 37.7 Å². The van der Waals surface area contributed by atoms with Crippen LogP contribution < -0.4 is 10.1 Å². The highest BCUT2D eigenvalue weighted by atomic mass is 35.5. The van der Waals surface area contributed by atoms with Crippen LogP contribution in [-0.4, -0.2) is 37.8 Å². The lowest BCUT2D eigenvalue weighted by Gasteiger charge is -2.18. The van der Waals surface area contributed by atoms with Gasteiger partial charge in [-0.25, -0.2) is 0 Å². The Hall–Kier alpha value is -1.47. The number of nitrogens with one attached hydrogen (secondary N) is 1. The zero-order chi connectivity index (χ0) is 15.9. The molecule has 8 heteroatoms. The molecule has 0 fully saturated rings. The maximum Gasteiger partial charge on any atom is 0.573 e. The Balaban J connectivity index is 0.00000441. The molecule has 0 atom stereocenters. The maximum atomic E-state index is 12.1. The summed E-state index contributed by atoms with van der Waals surface area (Å²) in [6.07, 6.45) is -3.60. The minimum atomic E-state index is -4.71. The number of hydrogen-bond acceptors (Lipinski definition) is 3. The molecule has 1 amide bonds. The fraction of sp³-hybridized carbons (Fsp3) is 0.500. The van der Waals surface area contributed by atoms with Crippen LogP contribution in [0, 0.1) is 0 Å². The van der Waals surface area contributed by atoms with Crippen molar-refractivity contribution >= 4 is 18.3 Å². The summed E-state index contributed by atoms with van der Waals surface area (Å²) in [6, 6.07) is 5.63. The molecule has 0 saturated carbocycles. The molecule has 0 aliphatic rings. The normalized spacial score (nSPS) is 10.8. The number of carbonyl (C=O) groups is 1. The van der Waals surface area contributed by atoms with Gasteiger partial charge in [0.2, 0.25) is 5.91 Å². The number of rotatable bonds is 7. The van der Waals surface area contributed by atoms with Gasteiger partial charge in [0.05, 0.1) is 0 Å². The third kappa shape index (κ3) is 8.09. The summed E-state index contributed by atoms with van der Waals surface area (Å²) in [7, 11) is 3.43. The van der Waals surface area contributed by atoms with Crippen LogP contribution in [0.15, 0.2) is 24.3 Å². The standard InChI is InChI=1S/C14H19F3N2O2.ClH/c1-18-8-4-7-13(20)19(2)10-11-5-3-6-12(9-11)21-14(15,16)17;/h3,5-6,9,18H,4,7-8,10H2,1-2H3;1H. The highest BCUT2D eigenvalue weighted by molar-refractivity contribution is 5.85. The molecule has 0 radical (unpaired) electrons. The Morgan fingerprint density at radius 3 is 2.64 bits per heavy atom. The van der Waals surface area contributed by atoms with E-state index in [0.29, 0.717) is 12.0 Å². The van der Waals surface area contributed by atoms with Crippen molar-refractivity contribution in [3.63, 3.8) is 0 Å². The molecule has 1 aromatic rings. The van der Waals surface area contributed by atoms with E-state index in [2.05, 4.69) is 10.1 Å². The van der Waals surface area contributed by atoms with Gasteiger partial charge in [-0.15, -0.1) is 25.6 Å². The summed E-state index contributed by atoms with van der Waals surface area (Å²) in [5.74, 6) is -0.330. The van der Waals surface area contributed by atoms with Crippen LogP contribution in [0.1, 0.15) is 18.4 Å². The molecule has 4 nitrogen and oxygen atoms in total. The number of alkyl halides is 3. The van der Waals surface area contributed by atoms with Gasteiger partial charge in [-0.2, -0.15) is 0 Å². The number of nitrogens with zero attached hydrogens (tertiary/aromatic N) is 1. The van der Waals surface area contributed by atoms with Crippen molar-refractivity contribution in [2.24, 2.45) is 0 Å². The van der Waals surface area contributed by atoms with Gasteiger partial charge in [-0.1, -0.05) is 12.1 Å². The summed E-state index contributed by atoms with van der Waals surface area (Å²) in [6.45, 7) is 0.988. The molecular formula is C14H20ClF3N2O2. The van der Waals surface area contributed by atoms with Gasteiger partial charge in [0.25, 0.3) is 0 Å². The van der Waals surface area contributed by atoms with Gasteiger partial charge in [0.1, 0.15) is 5.75 Å². The van der Waals surface area contributed by atoms with Crippen LogP contribution in [0.4, 0.5) is 13.2 Å². The van der Waals surface area contributed by atoms with Crippen molar-refractivity contribution in [3.05, 3.63) is 29.8 Å². The summed E-state index contributed by atoms with van der Waals surface area (Å²) in [5, 5.41) is 2.95. The summed E-state index contributed by atoms with van der Waals surface area (Å²) in [5.41, 5.74) is 0.584. The fourth-order valence-electron chi connectivity index (χ4n) is 1.81. The van der Waals surface area contributed by atoms with Gasteiger partial charge in [0.15, 0.2) is 0 Å². The summed E-state index contributed by atoms with van der Waals surface area (Å²) >= 11 is 0. The van der Waals surface area contributed by atoms with Gasteiger partial charge in [0, 0.05) is 20.0 Å². The minimum absolute atomic E-state index is 0. The first kappa shape index (κ1) is 20.5. The molecule has 0 aliphatic heterocycles. The Morgan fingerprint density at radius 1 is 1.36 bits per heavy atom. The van der Waals surface area contributed by atoms with Gasteiger partial charge >= 0.3 is 6.36 Å². The van der Waals surface area contributed by atoms with Crippen LogP contribution in [0.2, 0.25) is 0 Å². The monoisotopic (exact) mass is 340 g/mol. The van der Waals surface area contributed by atoms with E-state index in [9.17, 15) is 18.0 Å². The van der Waals surface area contributed by atoms with Crippen LogP contribution >= 0.6 is 12.4 Å². The van der Waals surface area contributed by atoms with Crippen molar-refractivity contribution < 1.29 is 22.7 Å². The van der Waals surface area contributed by atoms with Gasteiger partial charge < -0.3 is 15.0 Å². The second kappa shape index (κ2) is 9.53. The first-order valence-electron chi connectivity index (χ1n) is 6.55. The number of benzene rings is 1. The lowest BCUT2D eigenvalue weighted by molar-refractivity contribution is -0.274. The number of halogens is 4. The van der Waals surface area contributed by atoms with E-state index < -0.39 is 6.36 Å². The van der Waals surface area contributed by atoms with E-state index in [1.165, 1.54) is 23.1 Å². The molecule has 0 saturated heterocycles. The van der Waals surface area contributed by atoms with Crippen LogP contribution in [0.3, 0.4) is 0 Å². The summed E-state index contributed by atoms with van der Waals surface area (Å²) in [4.78, 5) is 13.3. The molecular weight excluding hydrogens is 321 g/mol. The van der Waals surface area contributed by atoms with Gasteiger partial charge in [-0.3, -0.25) is 4.79 Å². The SMILES string of the molecule is CNCCCC(=O)N(C)Cc1cccc(OC(F)(F)F)c1.Cl. The highest BCUT2D eigenvalue weighted by Crippen LogP contribution is 2.23. The van der Waals surface area contributed by atoms with Crippen molar-refractivity contribution in [1.29, 1.82) is 0 Å². The van der Waals surface area contributed by atoms with Crippen molar-refractivity contribution in [1.82, 2.24) is 10.2 Å². The topological polar surface area (TPSA) is 41.6 Å². The molecule has 1 N–H and O–H groups in total. The Bertz CT molecular complexity index is 470. The Labute approximate surface area is 134 Å². The second-order valence-corrected chi connectivity index (χ2v) is 4.65. The molecule has 22 heavy (non-hydrogen) atoms. The average Bonchev–Trinajstić information content (AvgIpc) is 2.37. The smallest absolute Gasteiger partial charge is 0.406 e. The lowest BCUT2D eigenvalue weighted by atomic mass is 10.2. The van der Waals surface area contributed by atoms with E-state index in [-0.39, 0.29) is 30.6 Å². The van der Waals surface area contributed by atoms with E-state index in [4.69, 9.17) is 0 Å². The van der Waals surface area contributed by atoms with E-state index in [1.807, 2.05) is 0 Å². The zero-order valence-electron chi connectivity index (χ0n) is 12.4. The molecule has 0 aliphatic carbocycles. The minimum Gasteiger partial charge on any atom is -0.406 e. The third-order valence-electron chi connectivity index (χ3n) is 2.79. The first-order chi connectivity index (χ1) is 9.81.